The van der Waals surface area contributed by atoms with Gasteiger partial charge in [-0.3, -0.25) is 0 Å². The van der Waals surface area contributed by atoms with E-state index in [9.17, 15) is 0 Å². The summed E-state index contributed by atoms with van der Waals surface area (Å²) in [6, 6.07) is 48.6. The maximum absolute atomic E-state index is 5.46. The van der Waals surface area contributed by atoms with Crippen LogP contribution in [-0.4, -0.2) is 7.11 Å². The highest BCUT2D eigenvalue weighted by Crippen LogP contribution is 2.39. The van der Waals surface area contributed by atoms with Gasteiger partial charge in [0.1, 0.15) is 5.75 Å². The molecule has 0 aliphatic heterocycles. The molecular weight excluding hydrogens is 739 g/mol. The minimum atomic E-state index is 0.839. The molecule has 0 spiro atoms. The van der Waals surface area contributed by atoms with E-state index in [0.29, 0.717) is 0 Å². The van der Waals surface area contributed by atoms with Crippen LogP contribution in [0.3, 0.4) is 0 Å². The summed E-state index contributed by atoms with van der Waals surface area (Å²) < 4.78 is 6.60. The normalized spacial score (nSPS) is 12.5. The molecule has 0 N–H and O–H groups in total. The monoisotopic (exact) mass is 775 g/mol. The number of halogens is 1. The van der Waals surface area contributed by atoms with Crippen LogP contribution in [0.2, 0.25) is 0 Å². The minimum Gasteiger partial charge on any atom is -0.497 e. The average molecular weight is 777 g/mol. The van der Waals surface area contributed by atoms with Gasteiger partial charge in [0.2, 0.25) is 0 Å². The lowest BCUT2D eigenvalue weighted by molar-refractivity contribution is 0.415. The molecule has 11 rings (SSSR count). The molecular formula is C47H38BrNOS2. The lowest BCUT2D eigenvalue weighted by atomic mass is 9.91. The summed E-state index contributed by atoms with van der Waals surface area (Å²) in [4.78, 5) is 6.04. The lowest BCUT2D eigenvalue weighted by Gasteiger charge is -2.26. The van der Waals surface area contributed by atoms with Crippen molar-refractivity contribution in [3.63, 3.8) is 0 Å². The summed E-state index contributed by atoms with van der Waals surface area (Å²) in [6.45, 7) is 4.08. The summed E-state index contributed by atoms with van der Waals surface area (Å²) in [5.41, 5.74) is 13.8. The highest BCUT2D eigenvalue weighted by Gasteiger charge is 2.15. The Balaban J connectivity index is 1.03. The number of nitrogens with zero attached hydrogens (tertiary/aromatic N) is 1. The lowest BCUT2D eigenvalue weighted by Crippen LogP contribution is -2.09. The molecule has 0 unspecified atom stereocenters. The fourth-order valence-corrected chi connectivity index (χ4v) is 9.23. The van der Waals surface area contributed by atoms with Crippen molar-refractivity contribution >= 4 is 73.9 Å². The van der Waals surface area contributed by atoms with Gasteiger partial charge in [-0.05, 0) is 165 Å². The van der Waals surface area contributed by atoms with Gasteiger partial charge in [-0.1, -0.05) is 79.4 Å². The van der Waals surface area contributed by atoms with Crippen molar-refractivity contribution in [3.05, 3.63) is 182 Å². The van der Waals surface area contributed by atoms with Crippen molar-refractivity contribution in [2.24, 2.45) is 0 Å². The maximum Gasteiger partial charge on any atom is 0.119 e. The standard InChI is InChI=1S/C47H38BrNOS2/c1-3-34-30-32-4-5-33-7-9-36(11-10-35(34)8-6-32)39(31-33)16-25-44-26-27-45(51-44)37-12-17-40(18-13-37)49(42-21-23-43(50-2)24-22-42)41-19-14-38(15-20-41)46-28-29-47(48)52-46/h3,6-9,12-31H,1,4-5,10-11H2,2H3/b25-16+. The Morgan fingerprint density at radius 1 is 0.577 bits per heavy atom. The highest BCUT2D eigenvalue weighted by atomic mass is 79.9. The molecule has 0 amide bonds. The summed E-state index contributed by atoms with van der Waals surface area (Å²) in [5.74, 6) is 0.839. The molecule has 52 heavy (non-hydrogen) atoms. The van der Waals surface area contributed by atoms with Crippen LogP contribution in [0, 0.1) is 0 Å². The van der Waals surface area contributed by atoms with E-state index >= 15 is 0 Å². The third kappa shape index (κ3) is 7.49. The Bertz CT molecular complexity index is 2360. The molecule has 7 aromatic rings. The second-order valence-electron chi connectivity index (χ2n) is 13.0. The predicted octanol–water partition coefficient (Wildman–Crippen LogP) is 14.1. The number of thiophene rings is 2. The topological polar surface area (TPSA) is 12.5 Å². The molecule has 4 bridgehead atoms. The Morgan fingerprint density at radius 3 is 1.67 bits per heavy atom. The molecule has 2 heterocycles. The van der Waals surface area contributed by atoms with Crippen molar-refractivity contribution < 1.29 is 4.74 Å². The van der Waals surface area contributed by atoms with Crippen LogP contribution in [0.4, 0.5) is 17.1 Å². The van der Waals surface area contributed by atoms with Gasteiger partial charge in [-0.15, -0.1) is 22.7 Å². The molecule has 4 aliphatic carbocycles. The Hall–Kier alpha value is -4.94. The predicted molar refractivity (Wildman–Crippen MR) is 229 cm³/mol. The Morgan fingerprint density at radius 2 is 1.12 bits per heavy atom. The van der Waals surface area contributed by atoms with Gasteiger partial charge >= 0.3 is 0 Å². The van der Waals surface area contributed by atoms with Crippen LogP contribution in [0.1, 0.15) is 38.3 Å². The molecule has 2 aromatic heterocycles. The molecule has 0 saturated heterocycles. The number of rotatable bonds is 9. The number of anilines is 3. The van der Waals surface area contributed by atoms with Crippen LogP contribution in [0.25, 0.3) is 39.1 Å². The van der Waals surface area contributed by atoms with Gasteiger partial charge in [0, 0.05) is 31.7 Å². The summed E-state index contributed by atoms with van der Waals surface area (Å²) in [6.07, 6.45) is 10.7. The average Bonchev–Trinajstić information content (AvgIpc) is 3.85. The molecule has 5 aromatic carbocycles. The zero-order chi connectivity index (χ0) is 35.4. The van der Waals surface area contributed by atoms with Gasteiger partial charge in [0.05, 0.1) is 10.9 Å². The smallest absolute Gasteiger partial charge is 0.119 e. The van der Waals surface area contributed by atoms with E-state index in [1.54, 1.807) is 18.4 Å². The van der Waals surface area contributed by atoms with Crippen LogP contribution in [0.15, 0.2) is 144 Å². The van der Waals surface area contributed by atoms with E-state index in [0.717, 1.165) is 52.3 Å². The number of hydrogen-bond donors (Lipinski definition) is 0. The molecule has 0 atom stereocenters. The van der Waals surface area contributed by atoms with Gasteiger partial charge < -0.3 is 9.64 Å². The largest absolute Gasteiger partial charge is 0.497 e. The quantitative estimate of drug-likeness (QED) is 0.145. The number of benzene rings is 5. The highest BCUT2D eigenvalue weighted by molar-refractivity contribution is 9.11. The van der Waals surface area contributed by atoms with Gasteiger partial charge in [0.15, 0.2) is 0 Å². The van der Waals surface area contributed by atoms with E-state index in [-0.39, 0.29) is 0 Å². The molecule has 0 radical (unpaired) electrons. The molecule has 4 aliphatic rings. The first-order chi connectivity index (χ1) is 25.5. The van der Waals surface area contributed by atoms with Crippen molar-refractivity contribution in [3.8, 4) is 26.6 Å². The first kappa shape index (κ1) is 34.2. The summed E-state index contributed by atoms with van der Waals surface area (Å²) in [5, 5.41) is 0. The molecule has 0 fully saturated rings. The van der Waals surface area contributed by atoms with Crippen LogP contribution < -0.4 is 9.64 Å². The van der Waals surface area contributed by atoms with Crippen molar-refractivity contribution in [1.29, 1.82) is 0 Å². The van der Waals surface area contributed by atoms with Crippen molar-refractivity contribution in [1.82, 2.24) is 0 Å². The van der Waals surface area contributed by atoms with E-state index < -0.39 is 0 Å². The first-order valence-corrected chi connectivity index (χ1v) is 20.0. The van der Waals surface area contributed by atoms with Crippen LogP contribution >= 0.6 is 38.6 Å². The molecule has 5 heteroatoms. The van der Waals surface area contributed by atoms with Gasteiger partial charge in [0.25, 0.3) is 0 Å². The number of methoxy groups -OCH3 is 1. The van der Waals surface area contributed by atoms with Crippen molar-refractivity contribution in [2.45, 2.75) is 25.7 Å². The number of ether oxygens (including phenoxy) is 1. The summed E-state index contributed by atoms with van der Waals surface area (Å²) >= 11 is 7.17. The van der Waals surface area contributed by atoms with Crippen LogP contribution in [-0.2, 0) is 25.7 Å². The van der Waals surface area contributed by atoms with E-state index in [1.165, 1.54) is 59.1 Å². The molecule has 256 valence electrons. The third-order valence-corrected chi connectivity index (χ3v) is 12.6. The summed E-state index contributed by atoms with van der Waals surface area (Å²) in [7, 11) is 1.70. The van der Waals surface area contributed by atoms with E-state index in [4.69, 9.17) is 4.74 Å². The fraction of sp³-hybridized carbons (Fsp3) is 0.106. The Labute approximate surface area is 323 Å². The van der Waals surface area contributed by atoms with Crippen molar-refractivity contribution in [2.75, 3.05) is 12.0 Å². The first-order valence-electron chi connectivity index (χ1n) is 17.6. The maximum atomic E-state index is 5.46. The van der Waals surface area contributed by atoms with Crippen LogP contribution in [0.5, 0.6) is 5.75 Å². The van der Waals surface area contributed by atoms with Gasteiger partial charge in [-0.2, -0.15) is 0 Å². The fourth-order valence-electron chi connectivity index (χ4n) is 6.93. The second-order valence-corrected chi connectivity index (χ2v) is 16.6. The van der Waals surface area contributed by atoms with E-state index in [1.807, 2.05) is 29.5 Å². The zero-order valence-electron chi connectivity index (χ0n) is 29.0. The third-order valence-electron chi connectivity index (χ3n) is 9.78. The molecule has 0 saturated carbocycles. The second kappa shape index (κ2) is 15.3. The number of aryl methyl sites for hydroxylation is 4. The molecule has 2 nitrogen and oxygen atoms in total. The number of hydrogen-bond acceptors (Lipinski definition) is 4. The minimum absolute atomic E-state index is 0.839. The SMILES string of the molecule is C=Cc1cc2ccc1CCc1ccc(cc1/C=C/c1ccc(-c3ccc(N(c4ccc(OC)cc4)c4ccc(-c5ccc(Br)s5)cc4)cc3)s1)CC2. The zero-order valence-corrected chi connectivity index (χ0v) is 32.2. The van der Waals surface area contributed by atoms with Gasteiger partial charge in [-0.25, -0.2) is 0 Å². The Kier molecular flexibility index (Phi) is 10.1. The van der Waals surface area contributed by atoms with E-state index in [2.05, 4.69) is 161 Å².